The van der Waals surface area contributed by atoms with E-state index >= 15 is 0 Å². The average molecular weight is 193 g/mol. The molecule has 3 N–H and O–H groups in total. The summed E-state index contributed by atoms with van der Waals surface area (Å²) in [7, 11) is 0. The van der Waals surface area contributed by atoms with E-state index in [1.807, 2.05) is 0 Å². The lowest BCUT2D eigenvalue weighted by Gasteiger charge is -2.08. The third kappa shape index (κ3) is 1.59. The first-order valence-corrected chi connectivity index (χ1v) is 4.08. The summed E-state index contributed by atoms with van der Waals surface area (Å²) in [5.74, 6) is -1.83. The number of amides is 1. The minimum Gasteiger partial charge on any atom is -0.478 e. The van der Waals surface area contributed by atoms with E-state index in [1.165, 1.54) is 0 Å². The average Bonchev–Trinajstić information content (AvgIpc) is 2.07. The highest BCUT2D eigenvalue weighted by molar-refractivity contribution is 6.06. The van der Waals surface area contributed by atoms with Gasteiger partial charge in [-0.25, -0.2) is 4.79 Å². The van der Waals surface area contributed by atoms with Crippen LogP contribution in [0.5, 0.6) is 0 Å². The monoisotopic (exact) mass is 193 g/mol. The molecule has 0 bridgehead atoms. The van der Waals surface area contributed by atoms with Crippen molar-refractivity contribution in [3.05, 3.63) is 34.4 Å². The molecule has 1 amide bonds. The van der Waals surface area contributed by atoms with Gasteiger partial charge < -0.3 is 10.8 Å². The fourth-order valence-corrected chi connectivity index (χ4v) is 1.40. The van der Waals surface area contributed by atoms with Gasteiger partial charge in [-0.15, -0.1) is 0 Å². The fraction of sp³-hybridized carbons (Fsp3) is 0.200. The van der Waals surface area contributed by atoms with Crippen LogP contribution in [0.3, 0.4) is 0 Å². The number of carbonyl (C=O) groups excluding carboxylic acids is 1. The van der Waals surface area contributed by atoms with Crippen molar-refractivity contribution in [3.8, 4) is 0 Å². The Morgan fingerprint density at radius 1 is 1.14 bits per heavy atom. The number of carbonyl (C=O) groups is 2. The normalized spacial score (nSPS) is 9.86. The smallest absolute Gasteiger partial charge is 0.336 e. The number of hydrogen-bond acceptors (Lipinski definition) is 2. The van der Waals surface area contributed by atoms with Crippen molar-refractivity contribution in [2.75, 3.05) is 0 Å². The van der Waals surface area contributed by atoms with Crippen LogP contribution in [-0.2, 0) is 0 Å². The molecule has 74 valence electrons. The summed E-state index contributed by atoms with van der Waals surface area (Å²) in [6.45, 7) is 3.29. The molecular weight excluding hydrogens is 182 g/mol. The standard InChI is InChI=1S/C10H11NO3/c1-5-3-4-6(2)8(10(13)14)7(5)9(11)12/h3-4H,1-2H3,(H2,11,12)(H,13,14). The predicted octanol–water partition coefficient (Wildman–Crippen LogP) is 1.10. The SMILES string of the molecule is Cc1ccc(C)c(C(=O)O)c1C(N)=O. The first-order valence-electron chi connectivity index (χ1n) is 4.08. The van der Waals surface area contributed by atoms with Crippen molar-refractivity contribution in [1.82, 2.24) is 0 Å². The molecule has 0 aliphatic rings. The Bertz CT molecular complexity index is 371. The molecule has 4 heteroatoms. The van der Waals surface area contributed by atoms with E-state index in [1.54, 1.807) is 26.0 Å². The number of aryl methyl sites for hydroxylation is 2. The van der Waals surface area contributed by atoms with Gasteiger partial charge in [-0.05, 0) is 25.0 Å². The molecule has 0 saturated carbocycles. The van der Waals surface area contributed by atoms with Crippen molar-refractivity contribution >= 4 is 11.9 Å². The number of primary amides is 1. The molecule has 1 aromatic carbocycles. The molecule has 0 spiro atoms. The molecule has 0 radical (unpaired) electrons. The van der Waals surface area contributed by atoms with E-state index in [2.05, 4.69) is 0 Å². The molecule has 14 heavy (non-hydrogen) atoms. The van der Waals surface area contributed by atoms with Crippen LogP contribution in [0.15, 0.2) is 12.1 Å². The molecule has 0 atom stereocenters. The highest BCUT2D eigenvalue weighted by atomic mass is 16.4. The van der Waals surface area contributed by atoms with Crippen molar-refractivity contribution in [2.24, 2.45) is 5.73 Å². The zero-order chi connectivity index (χ0) is 10.9. The quantitative estimate of drug-likeness (QED) is 0.738. The third-order valence-corrected chi connectivity index (χ3v) is 2.08. The molecule has 0 aromatic heterocycles. The van der Waals surface area contributed by atoms with Gasteiger partial charge in [0.25, 0.3) is 0 Å². The molecule has 0 aliphatic heterocycles. The molecular formula is C10H11NO3. The van der Waals surface area contributed by atoms with Crippen LogP contribution < -0.4 is 5.73 Å². The number of aromatic carboxylic acids is 1. The second-order valence-electron chi connectivity index (χ2n) is 3.12. The molecule has 1 rings (SSSR count). The summed E-state index contributed by atoms with van der Waals surface area (Å²) in [4.78, 5) is 21.9. The number of benzene rings is 1. The van der Waals surface area contributed by atoms with Crippen LogP contribution in [0.2, 0.25) is 0 Å². The minimum absolute atomic E-state index is 0.00231. The Kier molecular flexibility index (Phi) is 2.56. The van der Waals surface area contributed by atoms with E-state index in [9.17, 15) is 9.59 Å². The van der Waals surface area contributed by atoms with Gasteiger partial charge in [0.15, 0.2) is 0 Å². The fourth-order valence-electron chi connectivity index (χ4n) is 1.40. The lowest BCUT2D eigenvalue weighted by molar-refractivity contribution is 0.0691. The van der Waals surface area contributed by atoms with Crippen LogP contribution >= 0.6 is 0 Å². The van der Waals surface area contributed by atoms with Crippen LogP contribution in [0.25, 0.3) is 0 Å². The first kappa shape index (κ1) is 10.2. The summed E-state index contributed by atoms with van der Waals surface area (Å²) in [6.07, 6.45) is 0. The molecule has 1 aromatic rings. The summed E-state index contributed by atoms with van der Waals surface area (Å²) >= 11 is 0. The summed E-state index contributed by atoms with van der Waals surface area (Å²) in [6, 6.07) is 3.34. The number of nitrogens with two attached hydrogens (primary N) is 1. The number of carboxylic acids is 1. The van der Waals surface area contributed by atoms with Crippen molar-refractivity contribution in [2.45, 2.75) is 13.8 Å². The minimum atomic E-state index is -1.12. The zero-order valence-corrected chi connectivity index (χ0v) is 8.00. The van der Waals surface area contributed by atoms with Crippen LogP contribution in [0.1, 0.15) is 31.8 Å². The lowest BCUT2D eigenvalue weighted by Crippen LogP contribution is -2.19. The summed E-state index contributed by atoms with van der Waals surface area (Å²) in [5.41, 5.74) is 6.34. The molecule has 0 heterocycles. The van der Waals surface area contributed by atoms with Gasteiger partial charge in [0.05, 0.1) is 11.1 Å². The first-order chi connectivity index (χ1) is 6.45. The Balaban J connectivity index is 3.58. The lowest BCUT2D eigenvalue weighted by atomic mass is 9.97. The molecule has 4 nitrogen and oxygen atoms in total. The van der Waals surface area contributed by atoms with E-state index in [4.69, 9.17) is 10.8 Å². The molecule has 0 fully saturated rings. The molecule has 0 aliphatic carbocycles. The van der Waals surface area contributed by atoms with E-state index in [-0.39, 0.29) is 11.1 Å². The highest BCUT2D eigenvalue weighted by Crippen LogP contribution is 2.18. The van der Waals surface area contributed by atoms with Gasteiger partial charge >= 0.3 is 5.97 Å². The maximum absolute atomic E-state index is 11.1. The Morgan fingerprint density at radius 2 is 1.57 bits per heavy atom. The second-order valence-corrected chi connectivity index (χ2v) is 3.12. The van der Waals surface area contributed by atoms with Gasteiger partial charge in [0.2, 0.25) is 5.91 Å². The van der Waals surface area contributed by atoms with E-state index < -0.39 is 11.9 Å². The topological polar surface area (TPSA) is 80.4 Å². The van der Waals surface area contributed by atoms with Crippen molar-refractivity contribution in [1.29, 1.82) is 0 Å². The van der Waals surface area contributed by atoms with E-state index in [0.29, 0.717) is 11.1 Å². The van der Waals surface area contributed by atoms with Crippen LogP contribution in [-0.4, -0.2) is 17.0 Å². The number of hydrogen-bond donors (Lipinski definition) is 2. The van der Waals surface area contributed by atoms with Gasteiger partial charge in [-0.2, -0.15) is 0 Å². The summed E-state index contributed by atoms with van der Waals surface area (Å²) < 4.78 is 0. The molecule has 0 unspecified atom stereocenters. The van der Waals surface area contributed by atoms with Crippen LogP contribution in [0.4, 0.5) is 0 Å². The number of carboxylic acid groups (broad SMARTS) is 1. The van der Waals surface area contributed by atoms with E-state index in [0.717, 1.165) is 0 Å². The third-order valence-electron chi connectivity index (χ3n) is 2.08. The number of rotatable bonds is 2. The second kappa shape index (κ2) is 3.49. The van der Waals surface area contributed by atoms with Gasteiger partial charge in [-0.1, -0.05) is 12.1 Å². The van der Waals surface area contributed by atoms with Gasteiger partial charge in [0.1, 0.15) is 0 Å². The Labute approximate surface area is 81.3 Å². The summed E-state index contributed by atoms with van der Waals surface area (Å²) in [5, 5.41) is 8.91. The maximum atomic E-state index is 11.1. The zero-order valence-electron chi connectivity index (χ0n) is 8.00. The van der Waals surface area contributed by atoms with Crippen molar-refractivity contribution in [3.63, 3.8) is 0 Å². The predicted molar refractivity (Wildman–Crippen MR) is 51.4 cm³/mol. The van der Waals surface area contributed by atoms with Gasteiger partial charge in [0, 0.05) is 0 Å². The van der Waals surface area contributed by atoms with Crippen molar-refractivity contribution < 1.29 is 14.7 Å². The van der Waals surface area contributed by atoms with Gasteiger partial charge in [-0.3, -0.25) is 4.79 Å². The highest BCUT2D eigenvalue weighted by Gasteiger charge is 2.18. The maximum Gasteiger partial charge on any atom is 0.336 e. The molecule has 0 saturated heterocycles. The Morgan fingerprint density at radius 3 is 1.86 bits per heavy atom. The Hall–Kier alpha value is -1.84. The van der Waals surface area contributed by atoms with Crippen LogP contribution in [0, 0.1) is 13.8 Å². The largest absolute Gasteiger partial charge is 0.478 e.